The summed E-state index contributed by atoms with van der Waals surface area (Å²) in [6.07, 6.45) is 5.22. The number of anilines is 3. The Morgan fingerprint density at radius 2 is 1.83 bits per heavy atom. The number of carbonyl (C=O) groups excluding carboxylic acids is 3. The minimum atomic E-state index is -1.85. The van der Waals surface area contributed by atoms with Crippen LogP contribution in [0.25, 0.3) is 10.8 Å². The first kappa shape index (κ1) is 30.3. The van der Waals surface area contributed by atoms with Crippen LogP contribution < -0.4 is 9.80 Å². The molecule has 3 aliphatic heterocycles. The van der Waals surface area contributed by atoms with Crippen molar-refractivity contribution in [2.75, 3.05) is 23.0 Å². The van der Waals surface area contributed by atoms with E-state index in [1.165, 1.54) is 0 Å². The number of rotatable bonds is 8. The van der Waals surface area contributed by atoms with Gasteiger partial charge in [0.25, 0.3) is 11.8 Å². The number of carbonyl (C=O) groups is 3. The molecule has 46 heavy (non-hydrogen) atoms. The van der Waals surface area contributed by atoms with Gasteiger partial charge in [-0.2, -0.15) is 0 Å². The third-order valence-electron chi connectivity index (χ3n) is 9.58. The van der Waals surface area contributed by atoms with Crippen molar-refractivity contribution >= 4 is 61.5 Å². The minimum absolute atomic E-state index is 0.0529. The summed E-state index contributed by atoms with van der Waals surface area (Å²) in [6.45, 7) is 2.54. The zero-order valence-corrected chi connectivity index (χ0v) is 27.0. The predicted molar refractivity (Wildman–Crippen MR) is 181 cm³/mol. The van der Waals surface area contributed by atoms with Crippen LogP contribution in [0.2, 0.25) is 0 Å². The van der Waals surface area contributed by atoms with Crippen LogP contribution in [-0.4, -0.2) is 52.0 Å². The maximum absolute atomic E-state index is 14.2. The summed E-state index contributed by atoms with van der Waals surface area (Å²) in [7, 11) is 0. The number of likely N-dealkylation sites (tertiary alicyclic amines) is 1. The van der Waals surface area contributed by atoms with Gasteiger partial charge in [0.1, 0.15) is 0 Å². The van der Waals surface area contributed by atoms with Crippen molar-refractivity contribution in [2.24, 2.45) is 5.92 Å². The Balaban J connectivity index is 1.15. The molecular formula is C37H34BrN3O5. The van der Waals surface area contributed by atoms with E-state index in [2.05, 4.69) is 15.9 Å². The van der Waals surface area contributed by atoms with Crippen molar-refractivity contribution in [3.05, 3.63) is 112 Å². The molecule has 0 saturated carbocycles. The summed E-state index contributed by atoms with van der Waals surface area (Å²) < 4.78 is 0.734. The van der Waals surface area contributed by atoms with Gasteiger partial charge in [-0.05, 0) is 66.3 Å². The van der Waals surface area contributed by atoms with E-state index in [4.69, 9.17) is 0 Å². The highest BCUT2D eigenvalue weighted by atomic mass is 79.9. The Hall–Kier alpha value is -4.31. The lowest BCUT2D eigenvalue weighted by Gasteiger charge is -2.28. The quantitative estimate of drug-likeness (QED) is 0.216. The number of amides is 3. The maximum atomic E-state index is 14.2. The molecule has 9 heteroatoms. The van der Waals surface area contributed by atoms with Gasteiger partial charge in [0.05, 0.1) is 36.1 Å². The third kappa shape index (κ3) is 4.85. The molecule has 2 N–H and O–H groups in total. The highest BCUT2D eigenvalue weighted by molar-refractivity contribution is 9.10. The molecule has 1 saturated heterocycles. The van der Waals surface area contributed by atoms with E-state index in [0.717, 1.165) is 39.3 Å². The molecule has 0 radical (unpaired) electrons. The van der Waals surface area contributed by atoms with Crippen LogP contribution in [0, 0.1) is 5.92 Å². The number of halogens is 1. The molecule has 0 unspecified atom stereocenters. The number of hydrogen-bond acceptors (Lipinski definition) is 5. The molecule has 3 atom stereocenters. The predicted octanol–water partition coefficient (Wildman–Crippen LogP) is 6.19. The third-order valence-corrected chi connectivity index (χ3v) is 10.1. The molecule has 4 aromatic rings. The van der Waals surface area contributed by atoms with Crippen molar-refractivity contribution in [1.82, 2.24) is 4.90 Å². The van der Waals surface area contributed by atoms with Crippen molar-refractivity contribution < 1.29 is 24.6 Å². The Morgan fingerprint density at radius 1 is 1.04 bits per heavy atom. The molecule has 3 amide bonds. The Bertz CT molecular complexity index is 1920. The fraction of sp³-hybridized carbons (Fsp3) is 0.270. The summed E-state index contributed by atoms with van der Waals surface area (Å²) in [5.74, 6) is -1.26. The number of benzene rings is 4. The van der Waals surface area contributed by atoms with Gasteiger partial charge in [0.15, 0.2) is 5.60 Å². The van der Waals surface area contributed by atoms with Crippen molar-refractivity contribution in [1.29, 1.82) is 0 Å². The van der Waals surface area contributed by atoms with E-state index in [1.807, 2.05) is 72.8 Å². The second-order valence-electron chi connectivity index (χ2n) is 12.3. The molecule has 0 aliphatic carbocycles. The van der Waals surface area contributed by atoms with Gasteiger partial charge >= 0.3 is 0 Å². The molecule has 1 fully saturated rings. The second-order valence-corrected chi connectivity index (χ2v) is 13.2. The van der Waals surface area contributed by atoms with Crippen molar-refractivity contribution in [2.45, 2.75) is 44.4 Å². The van der Waals surface area contributed by atoms with Gasteiger partial charge in [-0.3, -0.25) is 19.3 Å². The average Bonchev–Trinajstić information content (AvgIpc) is 3.72. The van der Waals surface area contributed by atoms with Crippen LogP contribution in [-0.2, 0) is 21.7 Å². The number of hydrogen-bond donors (Lipinski definition) is 2. The SMILES string of the molecule is C[C@H](/C=C/CC(=O)N1CCC[C@H]1CO)[C@@]1(O)C(=O)N(Cc2cccc(N3C(=O)c4cccc5cccc3c45)c2)c2ccc(Br)cc21. The van der Waals surface area contributed by atoms with Crippen LogP contribution in [0.1, 0.15) is 47.7 Å². The standard InChI is InChI=1S/C37H34BrN3O5/c1-23(7-2-15-33(43)39-18-6-12-28(39)22-42)37(46)30-20-26(38)16-17-31(30)40(36(37)45)21-24-8-3-11-27(19-24)41-32-14-5-10-25-9-4-13-29(34(25)32)35(41)44/h2-5,7-11,13-14,16-17,19-20,23,28,42,46H,6,12,15,18,21-22H2,1H3/b7-2+/t23-,28+,37+/m1/s1. The van der Waals surface area contributed by atoms with Gasteiger partial charge < -0.3 is 20.0 Å². The van der Waals surface area contributed by atoms with E-state index in [-0.39, 0.29) is 37.4 Å². The first-order chi connectivity index (χ1) is 22.2. The zero-order chi connectivity index (χ0) is 32.2. The number of fused-ring (bicyclic) bond motifs is 1. The fourth-order valence-electron chi connectivity index (χ4n) is 7.21. The van der Waals surface area contributed by atoms with Crippen molar-refractivity contribution in [3.8, 4) is 0 Å². The lowest BCUT2D eigenvalue weighted by molar-refractivity contribution is -0.139. The maximum Gasteiger partial charge on any atom is 0.264 e. The first-order valence-electron chi connectivity index (χ1n) is 15.6. The second kappa shape index (κ2) is 11.8. The van der Waals surface area contributed by atoms with E-state index in [0.29, 0.717) is 29.0 Å². The van der Waals surface area contributed by atoms with E-state index in [9.17, 15) is 24.6 Å². The van der Waals surface area contributed by atoms with Crippen LogP contribution in [0.4, 0.5) is 17.1 Å². The molecule has 0 bridgehead atoms. The van der Waals surface area contributed by atoms with Crippen LogP contribution in [0.3, 0.4) is 0 Å². The Labute approximate surface area is 275 Å². The molecule has 7 rings (SSSR count). The number of aliphatic hydroxyl groups is 2. The largest absolute Gasteiger partial charge is 0.394 e. The number of aliphatic hydroxyl groups excluding tert-OH is 1. The highest BCUT2D eigenvalue weighted by Crippen LogP contribution is 2.47. The van der Waals surface area contributed by atoms with Gasteiger partial charge in [-0.15, -0.1) is 0 Å². The molecule has 3 aliphatic rings. The van der Waals surface area contributed by atoms with Gasteiger partial charge in [0.2, 0.25) is 5.91 Å². The van der Waals surface area contributed by atoms with Gasteiger partial charge in [0, 0.05) is 40.0 Å². The molecular weight excluding hydrogens is 646 g/mol. The normalized spacial score (nSPS) is 21.2. The molecule has 4 aromatic carbocycles. The van der Waals surface area contributed by atoms with E-state index < -0.39 is 17.4 Å². The van der Waals surface area contributed by atoms with Gasteiger partial charge in [-0.1, -0.05) is 71.4 Å². The smallest absolute Gasteiger partial charge is 0.264 e. The molecule has 3 heterocycles. The Morgan fingerprint density at radius 3 is 2.63 bits per heavy atom. The molecule has 8 nitrogen and oxygen atoms in total. The topological polar surface area (TPSA) is 101 Å². The van der Waals surface area contributed by atoms with Crippen LogP contribution >= 0.6 is 15.9 Å². The highest BCUT2D eigenvalue weighted by Gasteiger charge is 2.52. The lowest BCUT2D eigenvalue weighted by atomic mass is 9.83. The van der Waals surface area contributed by atoms with E-state index in [1.54, 1.807) is 39.8 Å². The first-order valence-corrected chi connectivity index (χ1v) is 16.4. The summed E-state index contributed by atoms with van der Waals surface area (Å²) in [5.41, 5.74) is 2.24. The van der Waals surface area contributed by atoms with E-state index >= 15 is 0 Å². The Kier molecular flexibility index (Phi) is 7.79. The summed E-state index contributed by atoms with van der Waals surface area (Å²) >= 11 is 3.50. The zero-order valence-electron chi connectivity index (χ0n) is 25.4. The van der Waals surface area contributed by atoms with Crippen LogP contribution in [0.15, 0.2) is 95.5 Å². The lowest BCUT2D eigenvalue weighted by Crippen LogP contribution is -2.44. The van der Waals surface area contributed by atoms with Crippen molar-refractivity contribution in [3.63, 3.8) is 0 Å². The monoisotopic (exact) mass is 679 g/mol. The molecule has 0 spiro atoms. The summed E-state index contributed by atoms with van der Waals surface area (Å²) in [5, 5.41) is 23.6. The fourth-order valence-corrected chi connectivity index (χ4v) is 7.57. The minimum Gasteiger partial charge on any atom is -0.394 e. The summed E-state index contributed by atoms with van der Waals surface area (Å²) in [6, 6.07) is 24.5. The van der Waals surface area contributed by atoms with Crippen LogP contribution in [0.5, 0.6) is 0 Å². The average molecular weight is 681 g/mol. The number of nitrogens with zero attached hydrogens (tertiary/aromatic N) is 3. The molecule has 234 valence electrons. The summed E-state index contributed by atoms with van der Waals surface area (Å²) in [4.78, 5) is 45.5. The van der Waals surface area contributed by atoms with Gasteiger partial charge in [-0.25, -0.2) is 0 Å². The molecule has 0 aromatic heterocycles.